The predicted molar refractivity (Wildman–Crippen MR) is 63.3 cm³/mol. The second-order valence-electron chi connectivity index (χ2n) is 5.13. The minimum Gasteiger partial charge on any atom is -0.317 e. The van der Waals surface area contributed by atoms with Crippen LogP contribution in [-0.2, 0) is 0 Å². The Kier molecular flexibility index (Phi) is 6.57. The van der Waals surface area contributed by atoms with Crippen LogP contribution in [0.15, 0.2) is 0 Å². The number of hydrogen-bond donors (Lipinski definition) is 2. The lowest BCUT2D eigenvalue weighted by Gasteiger charge is -2.24. The molecule has 2 rings (SSSR count). The van der Waals surface area contributed by atoms with Crippen molar-refractivity contribution in [3.05, 3.63) is 0 Å². The van der Waals surface area contributed by atoms with Gasteiger partial charge in [-0.25, -0.2) is 0 Å². The van der Waals surface area contributed by atoms with Gasteiger partial charge in [-0.15, -0.1) is 0 Å². The molecule has 0 saturated carbocycles. The first-order valence-electron chi connectivity index (χ1n) is 6.76. The second kappa shape index (κ2) is 7.49. The van der Waals surface area contributed by atoms with E-state index in [1.54, 1.807) is 0 Å². The Morgan fingerprint density at radius 3 is 0.950 bits per heavy atom. The number of halogens is 6. The second-order valence-corrected chi connectivity index (χ2v) is 5.13. The number of hydrogen-bond acceptors (Lipinski definition) is 2. The molecule has 0 aromatic carbocycles. The van der Waals surface area contributed by atoms with Crippen LogP contribution in [0.3, 0.4) is 0 Å². The molecule has 2 nitrogen and oxygen atoms in total. The van der Waals surface area contributed by atoms with Crippen molar-refractivity contribution in [3.63, 3.8) is 0 Å². The molecule has 0 unspecified atom stereocenters. The van der Waals surface area contributed by atoms with E-state index in [0.29, 0.717) is 26.2 Å². The van der Waals surface area contributed by atoms with Crippen molar-refractivity contribution in [2.45, 2.75) is 38.0 Å². The fourth-order valence-electron chi connectivity index (χ4n) is 2.30. The fraction of sp³-hybridized carbons (Fsp3) is 1.00. The predicted octanol–water partition coefficient (Wildman–Crippen LogP) is 3.10. The number of alkyl halides is 6. The standard InChI is InChI=1S/2C6H10F3N/c2*7-6(8,9)5-1-3-10-4-2-5/h2*5,10H,1-4H2. The highest BCUT2D eigenvalue weighted by Crippen LogP contribution is 2.32. The van der Waals surface area contributed by atoms with E-state index < -0.39 is 24.2 Å². The van der Waals surface area contributed by atoms with Crippen molar-refractivity contribution in [1.29, 1.82) is 0 Å². The molecule has 0 radical (unpaired) electrons. The van der Waals surface area contributed by atoms with Gasteiger partial charge >= 0.3 is 12.4 Å². The van der Waals surface area contributed by atoms with E-state index in [1.165, 1.54) is 0 Å². The molecule has 2 fully saturated rings. The fourth-order valence-corrected chi connectivity index (χ4v) is 2.30. The summed E-state index contributed by atoms with van der Waals surface area (Å²) in [6, 6.07) is 0. The summed E-state index contributed by atoms with van der Waals surface area (Å²) >= 11 is 0. The van der Waals surface area contributed by atoms with E-state index in [4.69, 9.17) is 0 Å². The Balaban J connectivity index is 0.000000200. The zero-order valence-electron chi connectivity index (χ0n) is 11.1. The highest BCUT2D eigenvalue weighted by atomic mass is 19.4. The largest absolute Gasteiger partial charge is 0.391 e. The third-order valence-electron chi connectivity index (χ3n) is 3.60. The first kappa shape index (κ1) is 17.6. The molecule has 0 bridgehead atoms. The maximum atomic E-state index is 11.9. The van der Waals surface area contributed by atoms with Gasteiger partial charge in [0.05, 0.1) is 11.8 Å². The minimum atomic E-state index is -3.97. The molecule has 0 aromatic rings. The van der Waals surface area contributed by atoms with Crippen molar-refractivity contribution in [1.82, 2.24) is 10.6 Å². The zero-order valence-corrected chi connectivity index (χ0v) is 11.1. The lowest BCUT2D eigenvalue weighted by atomic mass is 9.98. The average molecular weight is 306 g/mol. The van der Waals surface area contributed by atoms with E-state index in [1.807, 2.05) is 0 Å². The summed E-state index contributed by atoms with van der Waals surface area (Å²) in [6.45, 7) is 2.02. The van der Waals surface area contributed by atoms with Gasteiger partial charge in [0, 0.05) is 0 Å². The van der Waals surface area contributed by atoms with Gasteiger partial charge in [0.1, 0.15) is 0 Å². The zero-order chi connectivity index (χ0) is 15.2. The van der Waals surface area contributed by atoms with Gasteiger partial charge in [-0.05, 0) is 51.9 Å². The van der Waals surface area contributed by atoms with Crippen LogP contribution < -0.4 is 10.6 Å². The molecular weight excluding hydrogens is 286 g/mol. The third kappa shape index (κ3) is 6.30. The molecule has 20 heavy (non-hydrogen) atoms. The Morgan fingerprint density at radius 2 is 0.800 bits per heavy atom. The Hall–Kier alpha value is -0.500. The molecule has 0 atom stereocenters. The summed E-state index contributed by atoms with van der Waals surface area (Å²) in [5.74, 6) is -2.12. The molecule has 0 spiro atoms. The van der Waals surface area contributed by atoms with E-state index in [-0.39, 0.29) is 25.7 Å². The summed E-state index contributed by atoms with van der Waals surface area (Å²) in [6.07, 6.45) is -6.98. The SMILES string of the molecule is FC(F)(F)C1CCNCC1.FC(F)(F)C1CCNCC1. The van der Waals surface area contributed by atoms with Gasteiger partial charge in [0.25, 0.3) is 0 Å². The Morgan fingerprint density at radius 1 is 0.550 bits per heavy atom. The van der Waals surface area contributed by atoms with Crippen molar-refractivity contribution < 1.29 is 26.3 Å². The quantitative estimate of drug-likeness (QED) is 0.672. The average Bonchev–Trinajstić information content (AvgIpc) is 2.40. The van der Waals surface area contributed by atoms with Crippen LogP contribution in [0.4, 0.5) is 26.3 Å². The maximum Gasteiger partial charge on any atom is 0.391 e. The maximum absolute atomic E-state index is 11.9. The molecule has 120 valence electrons. The summed E-state index contributed by atoms with van der Waals surface area (Å²) in [7, 11) is 0. The van der Waals surface area contributed by atoms with Gasteiger partial charge in [-0.2, -0.15) is 26.3 Å². The normalized spacial score (nSPS) is 23.1. The smallest absolute Gasteiger partial charge is 0.317 e. The van der Waals surface area contributed by atoms with Crippen LogP contribution in [0.2, 0.25) is 0 Å². The highest BCUT2D eigenvalue weighted by molar-refractivity contribution is 4.74. The van der Waals surface area contributed by atoms with Crippen LogP contribution in [0.5, 0.6) is 0 Å². The van der Waals surface area contributed by atoms with Crippen molar-refractivity contribution in [2.24, 2.45) is 11.8 Å². The van der Waals surface area contributed by atoms with Crippen LogP contribution >= 0.6 is 0 Å². The monoisotopic (exact) mass is 306 g/mol. The molecule has 2 saturated heterocycles. The summed E-state index contributed by atoms with van der Waals surface area (Å²) in [5.41, 5.74) is 0. The molecular formula is C12H20F6N2. The molecule has 0 aliphatic carbocycles. The summed E-state index contributed by atoms with van der Waals surface area (Å²) in [5, 5.41) is 5.77. The highest BCUT2D eigenvalue weighted by Gasteiger charge is 2.40. The van der Waals surface area contributed by atoms with Crippen LogP contribution in [0.1, 0.15) is 25.7 Å². The van der Waals surface area contributed by atoms with Crippen LogP contribution in [0.25, 0.3) is 0 Å². The third-order valence-corrected chi connectivity index (χ3v) is 3.60. The van der Waals surface area contributed by atoms with E-state index in [0.717, 1.165) is 0 Å². The van der Waals surface area contributed by atoms with Crippen LogP contribution in [0, 0.1) is 11.8 Å². The van der Waals surface area contributed by atoms with Crippen molar-refractivity contribution >= 4 is 0 Å². The first-order chi connectivity index (χ1) is 9.21. The van der Waals surface area contributed by atoms with Gasteiger partial charge in [0.15, 0.2) is 0 Å². The first-order valence-corrected chi connectivity index (χ1v) is 6.76. The lowest BCUT2D eigenvalue weighted by molar-refractivity contribution is -0.180. The molecule has 2 aliphatic rings. The molecule has 2 aliphatic heterocycles. The van der Waals surface area contributed by atoms with Gasteiger partial charge in [-0.1, -0.05) is 0 Å². The molecule has 2 heterocycles. The van der Waals surface area contributed by atoms with Crippen molar-refractivity contribution in [2.75, 3.05) is 26.2 Å². The minimum absolute atomic E-state index is 0.240. The summed E-state index contributed by atoms with van der Waals surface area (Å²) in [4.78, 5) is 0. The number of piperidine rings is 2. The van der Waals surface area contributed by atoms with Gasteiger partial charge < -0.3 is 10.6 Å². The molecule has 8 heteroatoms. The Bertz CT molecular complexity index is 236. The van der Waals surface area contributed by atoms with Crippen molar-refractivity contribution in [3.8, 4) is 0 Å². The van der Waals surface area contributed by atoms with E-state index in [9.17, 15) is 26.3 Å². The van der Waals surface area contributed by atoms with Gasteiger partial charge in [0.2, 0.25) is 0 Å². The van der Waals surface area contributed by atoms with Gasteiger partial charge in [-0.3, -0.25) is 0 Å². The Labute approximate surface area is 114 Å². The van der Waals surface area contributed by atoms with Crippen LogP contribution in [-0.4, -0.2) is 38.5 Å². The number of nitrogens with one attached hydrogen (secondary N) is 2. The topological polar surface area (TPSA) is 24.1 Å². The van der Waals surface area contributed by atoms with E-state index >= 15 is 0 Å². The summed E-state index contributed by atoms with van der Waals surface area (Å²) < 4.78 is 71.5. The lowest BCUT2D eigenvalue weighted by Crippen LogP contribution is -2.35. The molecule has 0 amide bonds. The molecule has 0 aromatic heterocycles. The molecule has 2 N–H and O–H groups in total. The van der Waals surface area contributed by atoms with E-state index in [2.05, 4.69) is 10.6 Å². The number of rotatable bonds is 0.